The van der Waals surface area contributed by atoms with Crippen LogP contribution in [0.2, 0.25) is 0 Å². The monoisotopic (exact) mass is 382 g/mol. The molecule has 4 nitrogen and oxygen atoms in total. The molecule has 0 unspecified atom stereocenters. The molecule has 0 amide bonds. The second-order valence-electron chi connectivity index (χ2n) is 9.39. The number of esters is 1. The van der Waals surface area contributed by atoms with Gasteiger partial charge in [-0.2, -0.15) is 0 Å². The van der Waals surface area contributed by atoms with Gasteiger partial charge in [0.25, 0.3) is 0 Å². The lowest BCUT2D eigenvalue weighted by atomic mass is 9.48. The predicted octanol–water partition coefficient (Wildman–Crippen LogP) is 4.35. The van der Waals surface area contributed by atoms with Gasteiger partial charge in [-0.25, -0.2) is 4.79 Å². The average Bonchev–Trinajstić information content (AvgIpc) is 3.01. The number of aliphatic hydroxyl groups is 1. The number of rotatable bonds is 3. The number of aliphatic hydroxyl groups excluding tert-OH is 1. The minimum Gasteiger partial charge on any atom is -0.455 e. The molecule has 2 aliphatic carbocycles. The summed E-state index contributed by atoms with van der Waals surface area (Å²) in [6.07, 6.45) is 7.50. The van der Waals surface area contributed by atoms with Crippen LogP contribution in [-0.2, 0) is 14.3 Å². The summed E-state index contributed by atoms with van der Waals surface area (Å²) in [7, 11) is 0. The number of carbonyl (C=O) groups is 1. The Labute approximate surface area is 167 Å². The zero-order valence-electron chi connectivity index (χ0n) is 16.9. The lowest BCUT2D eigenvalue weighted by Gasteiger charge is -2.57. The van der Waals surface area contributed by atoms with Crippen molar-refractivity contribution in [1.82, 2.24) is 0 Å². The number of carbonyl (C=O) groups excluding carboxylic acids is 1. The molecule has 1 N–H and O–H groups in total. The molecule has 4 rings (SSSR count). The largest absolute Gasteiger partial charge is 0.455 e. The Morgan fingerprint density at radius 1 is 1.21 bits per heavy atom. The molecular formula is C24H30O4. The Hall–Kier alpha value is -1.91. The van der Waals surface area contributed by atoms with Gasteiger partial charge in [-0.3, -0.25) is 0 Å². The molecule has 1 aromatic rings. The Morgan fingerprint density at radius 2 is 1.96 bits per heavy atom. The van der Waals surface area contributed by atoms with E-state index in [9.17, 15) is 9.90 Å². The van der Waals surface area contributed by atoms with Gasteiger partial charge in [0.15, 0.2) is 6.29 Å². The predicted molar refractivity (Wildman–Crippen MR) is 108 cm³/mol. The summed E-state index contributed by atoms with van der Waals surface area (Å²) in [5, 5.41) is 10.5. The Bertz CT molecular complexity index is 794. The lowest BCUT2D eigenvalue weighted by Crippen LogP contribution is -2.56. The quantitative estimate of drug-likeness (QED) is 0.480. The van der Waals surface area contributed by atoms with E-state index in [2.05, 4.69) is 26.8 Å². The molecule has 1 saturated carbocycles. The maximum Gasteiger partial charge on any atom is 0.331 e. The highest BCUT2D eigenvalue weighted by molar-refractivity contribution is 5.87. The van der Waals surface area contributed by atoms with Gasteiger partial charge in [0, 0.05) is 17.9 Å². The lowest BCUT2D eigenvalue weighted by molar-refractivity contribution is -0.173. The van der Waals surface area contributed by atoms with Crippen molar-refractivity contribution in [3.05, 3.63) is 53.6 Å². The van der Waals surface area contributed by atoms with Gasteiger partial charge in [-0.1, -0.05) is 57.5 Å². The summed E-state index contributed by atoms with van der Waals surface area (Å²) in [4.78, 5) is 12.6. The fraction of sp³-hybridized carbons (Fsp3) is 0.542. The molecule has 0 bridgehead atoms. The Morgan fingerprint density at radius 3 is 2.71 bits per heavy atom. The molecule has 4 heteroatoms. The second kappa shape index (κ2) is 7.16. The number of fused-ring (bicyclic) bond motifs is 3. The third-order valence-electron chi connectivity index (χ3n) is 7.08. The molecule has 150 valence electrons. The molecule has 0 aromatic heterocycles. The molecule has 28 heavy (non-hydrogen) atoms. The summed E-state index contributed by atoms with van der Waals surface area (Å²) in [6.45, 7) is 7.19. The van der Waals surface area contributed by atoms with E-state index in [0.29, 0.717) is 6.61 Å². The summed E-state index contributed by atoms with van der Waals surface area (Å²) in [6, 6.07) is 9.74. The molecule has 1 saturated heterocycles. The van der Waals surface area contributed by atoms with E-state index in [1.54, 1.807) is 6.08 Å². The van der Waals surface area contributed by atoms with E-state index < -0.39 is 6.29 Å². The highest BCUT2D eigenvalue weighted by atomic mass is 16.6. The smallest absolute Gasteiger partial charge is 0.331 e. The summed E-state index contributed by atoms with van der Waals surface area (Å²) in [5.74, 6) is -0.188. The van der Waals surface area contributed by atoms with Crippen molar-refractivity contribution in [2.75, 3.05) is 6.61 Å². The van der Waals surface area contributed by atoms with Crippen LogP contribution in [0.15, 0.2) is 48.1 Å². The molecule has 2 fully saturated rings. The van der Waals surface area contributed by atoms with Crippen LogP contribution >= 0.6 is 0 Å². The van der Waals surface area contributed by atoms with E-state index in [4.69, 9.17) is 9.47 Å². The van der Waals surface area contributed by atoms with E-state index in [1.165, 1.54) is 6.08 Å². The molecular weight excluding hydrogens is 352 g/mol. The van der Waals surface area contributed by atoms with E-state index in [0.717, 1.165) is 30.4 Å². The molecule has 3 aliphatic rings. The van der Waals surface area contributed by atoms with Crippen molar-refractivity contribution in [2.24, 2.45) is 22.7 Å². The zero-order chi connectivity index (χ0) is 19.9. The first kappa shape index (κ1) is 19.4. The van der Waals surface area contributed by atoms with Gasteiger partial charge in [-0.15, -0.1) is 0 Å². The first-order valence-electron chi connectivity index (χ1n) is 10.3. The van der Waals surface area contributed by atoms with Crippen LogP contribution in [0.5, 0.6) is 0 Å². The highest BCUT2D eigenvalue weighted by Crippen LogP contribution is 2.62. The number of hydrogen-bond donors (Lipinski definition) is 1. The third-order valence-corrected chi connectivity index (χ3v) is 7.08. The normalized spacial score (nSPS) is 36.5. The van der Waals surface area contributed by atoms with Crippen molar-refractivity contribution < 1.29 is 19.4 Å². The fourth-order valence-electron chi connectivity index (χ4n) is 6.06. The van der Waals surface area contributed by atoms with Gasteiger partial charge >= 0.3 is 5.97 Å². The van der Waals surface area contributed by atoms with Crippen molar-refractivity contribution >= 4 is 12.0 Å². The molecule has 0 spiro atoms. The molecule has 1 aromatic carbocycles. The zero-order valence-corrected chi connectivity index (χ0v) is 16.9. The first-order valence-corrected chi connectivity index (χ1v) is 10.3. The van der Waals surface area contributed by atoms with Crippen LogP contribution in [-0.4, -0.2) is 30.1 Å². The maximum absolute atomic E-state index is 12.6. The second-order valence-corrected chi connectivity index (χ2v) is 9.39. The molecule has 5 atom stereocenters. The molecule has 0 radical (unpaired) electrons. The van der Waals surface area contributed by atoms with E-state index in [-0.39, 0.29) is 34.7 Å². The Balaban J connectivity index is 1.62. The van der Waals surface area contributed by atoms with Crippen LogP contribution < -0.4 is 0 Å². The van der Waals surface area contributed by atoms with Gasteiger partial charge in [0.2, 0.25) is 0 Å². The van der Waals surface area contributed by atoms with Gasteiger partial charge in [0.05, 0.1) is 6.61 Å². The Kier molecular flexibility index (Phi) is 4.96. The summed E-state index contributed by atoms with van der Waals surface area (Å²) >= 11 is 0. The standard InChI is InChI=1S/C24H30O4/c1-23(2)12-7-13-24(3)20-17(15-27-22(20)26)14-18(21(23)24)28-19(25)11-10-16-8-5-4-6-9-16/h4-6,8-11,14,18,20-22,26H,7,12-13,15H2,1-3H3/b11-10+/t18-,20+,21-,22+,24+/m0/s1. The minimum atomic E-state index is -0.762. The van der Waals surface area contributed by atoms with Gasteiger partial charge in [-0.05, 0) is 47.0 Å². The van der Waals surface area contributed by atoms with Crippen molar-refractivity contribution in [3.8, 4) is 0 Å². The van der Waals surface area contributed by atoms with Crippen LogP contribution in [0.25, 0.3) is 6.08 Å². The van der Waals surface area contributed by atoms with Crippen molar-refractivity contribution in [1.29, 1.82) is 0 Å². The van der Waals surface area contributed by atoms with E-state index in [1.807, 2.05) is 30.3 Å². The average molecular weight is 383 g/mol. The van der Waals surface area contributed by atoms with E-state index >= 15 is 0 Å². The third kappa shape index (κ3) is 3.33. The van der Waals surface area contributed by atoms with Crippen LogP contribution in [0.4, 0.5) is 0 Å². The number of benzene rings is 1. The SMILES string of the molecule is CC1(C)CCC[C@]2(C)[C@@H]3C(=C[C@H](OC(=O)/C=C/c4ccccc4)[C@@H]12)CO[C@H]3O. The molecule has 1 heterocycles. The van der Waals surface area contributed by atoms with Gasteiger partial charge < -0.3 is 14.6 Å². The number of ether oxygens (including phenoxy) is 2. The van der Waals surface area contributed by atoms with Crippen molar-refractivity contribution in [3.63, 3.8) is 0 Å². The van der Waals surface area contributed by atoms with Crippen LogP contribution in [0.3, 0.4) is 0 Å². The number of hydrogen-bond acceptors (Lipinski definition) is 4. The molecule has 1 aliphatic heterocycles. The maximum atomic E-state index is 12.6. The minimum absolute atomic E-state index is 0.00751. The summed E-state index contributed by atoms with van der Waals surface area (Å²) < 4.78 is 11.6. The highest BCUT2D eigenvalue weighted by Gasteiger charge is 2.60. The summed E-state index contributed by atoms with van der Waals surface area (Å²) in [5.41, 5.74) is 1.92. The first-order chi connectivity index (χ1) is 13.3. The topological polar surface area (TPSA) is 55.8 Å². The fourth-order valence-corrected chi connectivity index (χ4v) is 6.06. The van der Waals surface area contributed by atoms with Crippen molar-refractivity contribution in [2.45, 2.75) is 52.4 Å². The van der Waals surface area contributed by atoms with Gasteiger partial charge in [0.1, 0.15) is 6.10 Å². The van der Waals surface area contributed by atoms with Crippen LogP contribution in [0.1, 0.15) is 45.6 Å². The van der Waals surface area contributed by atoms with Crippen LogP contribution in [0, 0.1) is 22.7 Å².